The Bertz CT molecular complexity index is 733. The van der Waals surface area contributed by atoms with Crippen molar-refractivity contribution in [2.45, 2.75) is 26.8 Å². The second kappa shape index (κ2) is 5.59. The van der Waals surface area contributed by atoms with Gasteiger partial charge in [0.2, 0.25) is 0 Å². The summed E-state index contributed by atoms with van der Waals surface area (Å²) in [5.41, 5.74) is 2.20. The molecule has 0 aliphatic heterocycles. The fourth-order valence-corrected chi connectivity index (χ4v) is 3.09. The van der Waals surface area contributed by atoms with E-state index in [2.05, 4.69) is 53.4 Å². The number of anilines is 1. The van der Waals surface area contributed by atoms with E-state index in [1.54, 1.807) is 6.33 Å². The fraction of sp³-hybridized carbons (Fsp3) is 0.250. The van der Waals surface area contributed by atoms with Gasteiger partial charge >= 0.3 is 0 Å². The molecule has 0 spiro atoms. The van der Waals surface area contributed by atoms with Crippen LogP contribution in [-0.2, 0) is 13.0 Å². The van der Waals surface area contributed by atoms with Gasteiger partial charge in [0.05, 0.1) is 12.1 Å². The van der Waals surface area contributed by atoms with Gasteiger partial charge in [-0.3, -0.25) is 0 Å². The van der Waals surface area contributed by atoms with E-state index in [-0.39, 0.29) is 0 Å². The minimum atomic E-state index is 0.810. The number of nitrogens with one attached hydrogen (secondary N) is 1. The molecule has 1 N–H and O–H groups in total. The Morgan fingerprint density at radius 3 is 2.75 bits per heavy atom. The SMILES string of the molecule is CCc1ccc(CNc2ncnc3ccc(C)cc23)s1. The Morgan fingerprint density at radius 2 is 1.95 bits per heavy atom. The lowest BCUT2D eigenvalue weighted by Gasteiger charge is -2.07. The Hall–Kier alpha value is -1.94. The zero-order valence-electron chi connectivity index (χ0n) is 11.7. The Balaban J connectivity index is 1.85. The molecule has 0 amide bonds. The van der Waals surface area contributed by atoms with Crippen LogP contribution in [0.2, 0.25) is 0 Å². The van der Waals surface area contributed by atoms with Crippen molar-refractivity contribution >= 4 is 28.1 Å². The van der Waals surface area contributed by atoms with E-state index in [9.17, 15) is 0 Å². The van der Waals surface area contributed by atoms with Crippen LogP contribution in [0.4, 0.5) is 5.82 Å². The van der Waals surface area contributed by atoms with E-state index in [0.717, 1.165) is 29.7 Å². The highest BCUT2D eigenvalue weighted by molar-refractivity contribution is 7.12. The molecule has 0 saturated heterocycles. The van der Waals surface area contributed by atoms with Gasteiger partial charge in [-0.1, -0.05) is 18.6 Å². The van der Waals surface area contributed by atoms with E-state index in [0.29, 0.717) is 0 Å². The lowest BCUT2D eigenvalue weighted by Crippen LogP contribution is -2.01. The van der Waals surface area contributed by atoms with Crippen LogP contribution in [0, 0.1) is 6.92 Å². The summed E-state index contributed by atoms with van der Waals surface area (Å²) in [6, 6.07) is 10.6. The van der Waals surface area contributed by atoms with Crippen molar-refractivity contribution in [3.05, 3.63) is 52.0 Å². The van der Waals surface area contributed by atoms with Crippen LogP contribution in [-0.4, -0.2) is 9.97 Å². The number of fused-ring (bicyclic) bond motifs is 1. The molecule has 102 valence electrons. The monoisotopic (exact) mass is 283 g/mol. The first-order chi connectivity index (χ1) is 9.76. The highest BCUT2D eigenvalue weighted by atomic mass is 32.1. The molecular formula is C16H17N3S. The number of thiophene rings is 1. The van der Waals surface area contributed by atoms with Crippen molar-refractivity contribution in [2.75, 3.05) is 5.32 Å². The predicted molar refractivity (Wildman–Crippen MR) is 85.3 cm³/mol. The van der Waals surface area contributed by atoms with Crippen LogP contribution in [0.1, 0.15) is 22.2 Å². The van der Waals surface area contributed by atoms with Gasteiger partial charge in [-0.05, 0) is 37.6 Å². The third-order valence-corrected chi connectivity index (χ3v) is 4.52. The zero-order chi connectivity index (χ0) is 13.9. The van der Waals surface area contributed by atoms with Crippen LogP contribution in [0.5, 0.6) is 0 Å². The molecule has 3 nitrogen and oxygen atoms in total. The first-order valence-corrected chi connectivity index (χ1v) is 7.60. The number of benzene rings is 1. The van der Waals surface area contributed by atoms with Gasteiger partial charge in [0.25, 0.3) is 0 Å². The molecule has 20 heavy (non-hydrogen) atoms. The number of aromatic nitrogens is 2. The van der Waals surface area contributed by atoms with Gasteiger partial charge in [-0.25, -0.2) is 9.97 Å². The van der Waals surface area contributed by atoms with E-state index in [4.69, 9.17) is 0 Å². The molecule has 3 aromatic rings. The van der Waals surface area contributed by atoms with Crippen LogP contribution < -0.4 is 5.32 Å². The summed E-state index contributed by atoms with van der Waals surface area (Å²) in [7, 11) is 0. The number of hydrogen-bond donors (Lipinski definition) is 1. The van der Waals surface area contributed by atoms with Gasteiger partial charge in [0, 0.05) is 15.1 Å². The van der Waals surface area contributed by atoms with Gasteiger partial charge in [0.1, 0.15) is 12.1 Å². The molecule has 1 aromatic carbocycles. The van der Waals surface area contributed by atoms with E-state index >= 15 is 0 Å². The predicted octanol–water partition coefficient (Wildman–Crippen LogP) is 4.17. The molecule has 0 fully saturated rings. The van der Waals surface area contributed by atoms with E-state index in [1.165, 1.54) is 15.3 Å². The van der Waals surface area contributed by atoms with Crippen LogP contribution in [0.15, 0.2) is 36.7 Å². The summed E-state index contributed by atoms with van der Waals surface area (Å²) >= 11 is 1.85. The summed E-state index contributed by atoms with van der Waals surface area (Å²) in [6.45, 7) is 5.08. The van der Waals surface area contributed by atoms with Crippen LogP contribution in [0.3, 0.4) is 0 Å². The summed E-state index contributed by atoms with van der Waals surface area (Å²) < 4.78 is 0. The Kier molecular flexibility index (Phi) is 3.65. The molecule has 0 unspecified atom stereocenters. The molecule has 0 saturated carbocycles. The van der Waals surface area contributed by atoms with Crippen molar-refractivity contribution in [1.29, 1.82) is 0 Å². The quantitative estimate of drug-likeness (QED) is 0.780. The Labute approximate surface area is 122 Å². The van der Waals surface area contributed by atoms with E-state index in [1.807, 2.05) is 17.4 Å². The number of nitrogens with zero attached hydrogens (tertiary/aromatic N) is 2. The van der Waals surface area contributed by atoms with Gasteiger partial charge in [0.15, 0.2) is 0 Å². The third-order valence-electron chi connectivity index (χ3n) is 3.29. The summed E-state index contributed by atoms with van der Waals surface area (Å²) in [6.07, 6.45) is 2.71. The molecule has 3 rings (SSSR count). The highest BCUT2D eigenvalue weighted by Crippen LogP contribution is 2.22. The number of hydrogen-bond acceptors (Lipinski definition) is 4. The molecule has 0 atom stereocenters. The first kappa shape index (κ1) is 13.1. The largest absolute Gasteiger partial charge is 0.365 e. The average molecular weight is 283 g/mol. The average Bonchev–Trinajstić information content (AvgIpc) is 2.93. The van der Waals surface area contributed by atoms with Gasteiger partial charge in [-0.15, -0.1) is 11.3 Å². The molecule has 0 bridgehead atoms. The number of aryl methyl sites for hydroxylation is 2. The summed E-state index contributed by atoms with van der Waals surface area (Å²) in [5.74, 6) is 0.908. The fourth-order valence-electron chi connectivity index (χ4n) is 2.19. The first-order valence-electron chi connectivity index (χ1n) is 6.79. The van der Waals surface area contributed by atoms with Crippen molar-refractivity contribution in [3.8, 4) is 0 Å². The summed E-state index contributed by atoms with van der Waals surface area (Å²) in [4.78, 5) is 11.4. The smallest absolute Gasteiger partial charge is 0.137 e. The molecular weight excluding hydrogens is 266 g/mol. The maximum Gasteiger partial charge on any atom is 0.137 e. The minimum Gasteiger partial charge on any atom is -0.365 e. The summed E-state index contributed by atoms with van der Waals surface area (Å²) in [5, 5.41) is 4.51. The number of rotatable bonds is 4. The lowest BCUT2D eigenvalue weighted by atomic mass is 10.1. The normalized spacial score (nSPS) is 10.9. The lowest BCUT2D eigenvalue weighted by molar-refractivity contribution is 1.13. The Morgan fingerprint density at radius 1 is 1.10 bits per heavy atom. The van der Waals surface area contributed by atoms with Crippen molar-refractivity contribution < 1.29 is 0 Å². The van der Waals surface area contributed by atoms with Crippen molar-refractivity contribution in [1.82, 2.24) is 9.97 Å². The second-order valence-electron chi connectivity index (χ2n) is 4.82. The molecule has 0 aliphatic carbocycles. The standard InChI is InChI=1S/C16H17N3S/c1-3-12-5-6-13(20-12)9-17-16-14-8-11(2)4-7-15(14)18-10-19-16/h4-8,10H,3,9H2,1-2H3,(H,17,18,19). The topological polar surface area (TPSA) is 37.8 Å². The molecule has 0 radical (unpaired) electrons. The maximum atomic E-state index is 4.37. The van der Waals surface area contributed by atoms with Gasteiger partial charge < -0.3 is 5.32 Å². The minimum absolute atomic E-state index is 0.810. The van der Waals surface area contributed by atoms with Crippen molar-refractivity contribution in [3.63, 3.8) is 0 Å². The molecule has 2 aromatic heterocycles. The maximum absolute atomic E-state index is 4.37. The van der Waals surface area contributed by atoms with Crippen molar-refractivity contribution in [2.24, 2.45) is 0 Å². The van der Waals surface area contributed by atoms with Crippen LogP contribution in [0.25, 0.3) is 10.9 Å². The van der Waals surface area contributed by atoms with E-state index < -0.39 is 0 Å². The highest BCUT2D eigenvalue weighted by Gasteiger charge is 2.04. The van der Waals surface area contributed by atoms with Crippen LogP contribution >= 0.6 is 11.3 Å². The molecule has 2 heterocycles. The third kappa shape index (κ3) is 2.65. The van der Waals surface area contributed by atoms with Gasteiger partial charge in [-0.2, -0.15) is 0 Å². The second-order valence-corrected chi connectivity index (χ2v) is 6.07. The molecule has 4 heteroatoms. The zero-order valence-corrected chi connectivity index (χ0v) is 12.5. The molecule has 0 aliphatic rings.